The van der Waals surface area contributed by atoms with E-state index in [4.69, 9.17) is 10.5 Å². The van der Waals surface area contributed by atoms with Crippen LogP contribution in [-0.4, -0.2) is 42.9 Å². The van der Waals surface area contributed by atoms with E-state index in [0.717, 1.165) is 12.8 Å². The molecule has 1 heterocycles. The predicted octanol–water partition coefficient (Wildman–Crippen LogP) is 1.29. The van der Waals surface area contributed by atoms with Crippen LogP contribution in [0.5, 0.6) is 0 Å². The summed E-state index contributed by atoms with van der Waals surface area (Å²) in [5.74, 6) is 0. The van der Waals surface area contributed by atoms with E-state index in [1.807, 2.05) is 6.92 Å². The van der Waals surface area contributed by atoms with Crippen molar-refractivity contribution in [3.05, 3.63) is 0 Å². The van der Waals surface area contributed by atoms with E-state index in [9.17, 15) is 9.18 Å². The number of piperidine rings is 1. The second kappa shape index (κ2) is 5.90. The smallest absolute Gasteiger partial charge is 0.409 e. The summed E-state index contributed by atoms with van der Waals surface area (Å²) in [7, 11) is 0. The van der Waals surface area contributed by atoms with E-state index in [1.54, 1.807) is 0 Å². The average molecular weight is 218 g/mol. The van der Waals surface area contributed by atoms with Crippen LogP contribution < -0.4 is 5.73 Å². The summed E-state index contributed by atoms with van der Waals surface area (Å²) < 4.78 is 18.2. The van der Waals surface area contributed by atoms with Crippen molar-refractivity contribution in [3.63, 3.8) is 0 Å². The van der Waals surface area contributed by atoms with Crippen molar-refractivity contribution in [2.45, 2.75) is 38.4 Å². The van der Waals surface area contributed by atoms with Crippen LogP contribution in [0.25, 0.3) is 0 Å². The van der Waals surface area contributed by atoms with Gasteiger partial charge < -0.3 is 15.4 Å². The normalized spacial score (nSPS) is 26.5. The number of carbonyl (C=O) groups is 1. The number of unbranched alkanes of at least 4 members (excludes halogenated alkanes) is 1. The van der Waals surface area contributed by atoms with Crippen molar-refractivity contribution in [2.24, 2.45) is 5.73 Å². The van der Waals surface area contributed by atoms with Crippen LogP contribution in [0.1, 0.15) is 26.2 Å². The molecule has 0 aromatic carbocycles. The van der Waals surface area contributed by atoms with E-state index < -0.39 is 18.3 Å². The lowest BCUT2D eigenvalue weighted by Gasteiger charge is -2.32. The zero-order valence-electron chi connectivity index (χ0n) is 9.12. The highest BCUT2D eigenvalue weighted by molar-refractivity contribution is 5.67. The Morgan fingerprint density at radius 1 is 1.67 bits per heavy atom. The van der Waals surface area contributed by atoms with Gasteiger partial charge in [0.25, 0.3) is 0 Å². The quantitative estimate of drug-likeness (QED) is 0.726. The molecule has 1 aliphatic rings. The number of halogens is 1. The van der Waals surface area contributed by atoms with Gasteiger partial charge in [0.2, 0.25) is 0 Å². The lowest BCUT2D eigenvalue weighted by molar-refractivity contribution is 0.0696. The van der Waals surface area contributed by atoms with E-state index in [0.29, 0.717) is 19.6 Å². The van der Waals surface area contributed by atoms with Crippen LogP contribution in [0.15, 0.2) is 0 Å². The molecule has 0 spiro atoms. The number of likely N-dealkylation sites (tertiary alicyclic amines) is 1. The third kappa shape index (κ3) is 3.66. The summed E-state index contributed by atoms with van der Waals surface area (Å²) in [4.78, 5) is 12.8. The van der Waals surface area contributed by atoms with Gasteiger partial charge in [-0.2, -0.15) is 0 Å². The van der Waals surface area contributed by atoms with Gasteiger partial charge in [0.05, 0.1) is 13.2 Å². The van der Waals surface area contributed by atoms with Gasteiger partial charge in [0.1, 0.15) is 6.17 Å². The largest absolute Gasteiger partial charge is 0.449 e. The number of nitrogens with two attached hydrogens (primary N) is 1. The van der Waals surface area contributed by atoms with Crippen molar-refractivity contribution < 1.29 is 13.9 Å². The number of amides is 1. The molecule has 1 rings (SSSR count). The van der Waals surface area contributed by atoms with Gasteiger partial charge in [-0.05, 0) is 12.8 Å². The SMILES string of the molecule is CCCCOC(=O)N1CCC(N)C(F)C1. The van der Waals surface area contributed by atoms with E-state index in [1.165, 1.54) is 4.90 Å². The minimum atomic E-state index is -1.13. The minimum absolute atomic E-state index is 0.0616. The number of nitrogens with zero attached hydrogens (tertiary/aromatic N) is 1. The number of hydrogen-bond acceptors (Lipinski definition) is 3. The fourth-order valence-electron chi connectivity index (χ4n) is 1.48. The molecule has 0 aliphatic carbocycles. The molecule has 2 unspecified atom stereocenters. The second-order valence-corrected chi connectivity index (χ2v) is 3.88. The first-order chi connectivity index (χ1) is 7.15. The van der Waals surface area contributed by atoms with Gasteiger partial charge in [0.15, 0.2) is 0 Å². The Bertz CT molecular complexity index is 214. The minimum Gasteiger partial charge on any atom is -0.449 e. The maximum absolute atomic E-state index is 13.2. The third-order valence-electron chi connectivity index (χ3n) is 2.57. The highest BCUT2D eigenvalue weighted by atomic mass is 19.1. The monoisotopic (exact) mass is 218 g/mol. The van der Waals surface area contributed by atoms with Crippen molar-refractivity contribution in [2.75, 3.05) is 19.7 Å². The Labute approximate surface area is 89.6 Å². The van der Waals surface area contributed by atoms with E-state index in [2.05, 4.69) is 0 Å². The van der Waals surface area contributed by atoms with Crippen molar-refractivity contribution in [1.82, 2.24) is 4.90 Å². The number of hydrogen-bond donors (Lipinski definition) is 1. The molecule has 5 heteroatoms. The average Bonchev–Trinajstić information content (AvgIpc) is 2.22. The zero-order chi connectivity index (χ0) is 11.3. The summed E-state index contributed by atoms with van der Waals surface area (Å²) in [6, 6.07) is -0.440. The summed E-state index contributed by atoms with van der Waals surface area (Å²) in [5, 5.41) is 0. The van der Waals surface area contributed by atoms with Crippen LogP contribution >= 0.6 is 0 Å². The number of rotatable bonds is 3. The molecule has 88 valence electrons. The topological polar surface area (TPSA) is 55.6 Å². The molecular weight excluding hydrogens is 199 g/mol. The molecule has 0 aromatic heterocycles. The molecule has 1 amide bonds. The molecular formula is C10H19FN2O2. The maximum Gasteiger partial charge on any atom is 0.409 e. The third-order valence-corrected chi connectivity index (χ3v) is 2.57. The standard InChI is InChI=1S/C10H19FN2O2/c1-2-3-6-15-10(14)13-5-4-9(12)8(11)7-13/h8-9H,2-7,12H2,1H3. The molecule has 1 saturated heterocycles. The lowest BCUT2D eigenvalue weighted by atomic mass is 10.1. The molecule has 0 bridgehead atoms. The summed E-state index contributed by atoms with van der Waals surface area (Å²) in [6.45, 7) is 2.98. The first-order valence-electron chi connectivity index (χ1n) is 5.46. The molecule has 2 N–H and O–H groups in total. The molecule has 1 aliphatic heterocycles. The Hall–Kier alpha value is -0.840. The summed E-state index contributed by atoms with van der Waals surface area (Å²) in [6.07, 6.45) is 0.780. The van der Waals surface area contributed by atoms with Gasteiger partial charge >= 0.3 is 6.09 Å². The van der Waals surface area contributed by atoms with Gasteiger partial charge in [-0.1, -0.05) is 13.3 Å². The number of ether oxygens (including phenoxy) is 1. The van der Waals surface area contributed by atoms with Crippen LogP contribution in [0.3, 0.4) is 0 Å². The molecule has 0 radical (unpaired) electrons. The Kier molecular flexibility index (Phi) is 4.81. The van der Waals surface area contributed by atoms with Gasteiger partial charge in [-0.15, -0.1) is 0 Å². The van der Waals surface area contributed by atoms with Crippen molar-refractivity contribution >= 4 is 6.09 Å². The van der Waals surface area contributed by atoms with E-state index >= 15 is 0 Å². The molecule has 2 atom stereocenters. The van der Waals surface area contributed by atoms with Gasteiger partial charge in [0, 0.05) is 12.6 Å². The Morgan fingerprint density at radius 3 is 3.00 bits per heavy atom. The highest BCUT2D eigenvalue weighted by Crippen LogP contribution is 2.13. The fourth-order valence-corrected chi connectivity index (χ4v) is 1.48. The van der Waals surface area contributed by atoms with Crippen LogP contribution in [0.2, 0.25) is 0 Å². The number of carbonyl (C=O) groups excluding carboxylic acids is 1. The second-order valence-electron chi connectivity index (χ2n) is 3.88. The van der Waals surface area contributed by atoms with Gasteiger partial charge in [-0.25, -0.2) is 9.18 Å². The predicted molar refractivity (Wildman–Crippen MR) is 55.3 cm³/mol. The van der Waals surface area contributed by atoms with Crippen LogP contribution in [0, 0.1) is 0 Å². The Balaban J connectivity index is 2.28. The van der Waals surface area contributed by atoms with Gasteiger partial charge in [-0.3, -0.25) is 0 Å². The molecule has 0 saturated carbocycles. The fraction of sp³-hybridized carbons (Fsp3) is 0.900. The van der Waals surface area contributed by atoms with E-state index in [-0.39, 0.29) is 6.54 Å². The Morgan fingerprint density at radius 2 is 2.40 bits per heavy atom. The van der Waals surface area contributed by atoms with Crippen LogP contribution in [-0.2, 0) is 4.74 Å². The van der Waals surface area contributed by atoms with Crippen molar-refractivity contribution in [3.8, 4) is 0 Å². The molecule has 0 aromatic rings. The maximum atomic E-state index is 13.2. The first-order valence-corrected chi connectivity index (χ1v) is 5.46. The molecule has 1 fully saturated rings. The highest BCUT2D eigenvalue weighted by Gasteiger charge is 2.29. The van der Waals surface area contributed by atoms with Crippen molar-refractivity contribution in [1.29, 1.82) is 0 Å². The first kappa shape index (κ1) is 12.2. The van der Waals surface area contributed by atoms with Crippen LogP contribution in [0.4, 0.5) is 9.18 Å². The zero-order valence-corrected chi connectivity index (χ0v) is 9.12. The number of alkyl halides is 1. The molecule has 15 heavy (non-hydrogen) atoms. The lowest BCUT2D eigenvalue weighted by Crippen LogP contribution is -2.50. The molecule has 4 nitrogen and oxygen atoms in total. The summed E-state index contributed by atoms with van der Waals surface area (Å²) >= 11 is 0. The summed E-state index contributed by atoms with van der Waals surface area (Å²) in [5.41, 5.74) is 5.51.